The third-order valence-electron chi connectivity index (χ3n) is 9.91. The molecular formula is C50H32N4O. The van der Waals surface area contributed by atoms with E-state index in [-0.39, 0.29) is 0 Å². The Morgan fingerprint density at radius 2 is 0.655 bits per heavy atom. The minimum Gasteiger partial charge on any atom is -0.456 e. The van der Waals surface area contributed by atoms with Crippen LogP contribution in [-0.4, -0.2) is 19.9 Å². The number of fused-ring (bicyclic) bond motifs is 3. The number of hydrogen-bond acceptors (Lipinski definition) is 5. The molecule has 0 aliphatic carbocycles. The van der Waals surface area contributed by atoms with Crippen LogP contribution in [0.1, 0.15) is 0 Å². The van der Waals surface area contributed by atoms with Gasteiger partial charge in [0.1, 0.15) is 11.2 Å². The molecule has 0 N–H and O–H groups in total. The first-order valence-electron chi connectivity index (χ1n) is 18.3. The molecule has 55 heavy (non-hydrogen) atoms. The van der Waals surface area contributed by atoms with Crippen molar-refractivity contribution < 1.29 is 4.42 Å². The minimum absolute atomic E-state index is 0.650. The molecule has 258 valence electrons. The van der Waals surface area contributed by atoms with E-state index in [1.807, 2.05) is 72.8 Å². The lowest BCUT2D eigenvalue weighted by molar-refractivity contribution is 0.669. The second-order valence-corrected chi connectivity index (χ2v) is 13.5. The van der Waals surface area contributed by atoms with Crippen molar-refractivity contribution in [1.82, 2.24) is 19.9 Å². The first-order chi connectivity index (χ1) is 27.2. The Morgan fingerprint density at radius 1 is 0.255 bits per heavy atom. The maximum Gasteiger partial charge on any atom is 0.160 e. The highest BCUT2D eigenvalue weighted by Gasteiger charge is 2.16. The normalized spacial score (nSPS) is 11.3. The zero-order valence-corrected chi connectivity index (χ0v) is 29.7. The van der Waals surface area contributed by atoms with E-state index in [4.69, 9.17) is 24.4 Å². The van der Waals surface area contributed by atoms with Crippen molar-refractivity contribution in [3.63, 3.8) is 0 Å². The zero-order valence-electron chi connectivity index (χ0n) is 29.7. The molecule has 0 amide bonds. The fraction of sp³-hybridized carbons (Fsp3) is 0. The van der Waals surface area contributed by atoms with E-state index in [1.54, 1.807) is 0 Å². The molecule has 0 bridgehead atoms. The lowest BCUT2D eigenvalue weighted by atomic mass is 9.99. The summed E-state index contributed by atoms with van der Waals surface area (Å²) in [5.74, 6) is 1.32. The van der Waals surface area contributed by atoms with E-state index in [0.717, 1.165) is 89.2 Å². The van der Waals surface area contributed by atoms with E-state index in [2.05, 4.69) is 121 Å². The first kappa shape index (κ1) is 32.2. The molecule has 0 fully saturated rings. The van der Waals surface area contributed by atoms with Crippen molar-refractivity contribution in [3.8, 4) is 78.9 Å². The second-order valence-electron chi connectivity index (χ2n) is 13.5. The molecule has 0 radical (unpaired) electrons. The quantitative estimate of drug-likeness (QED) is 0.165. The molecule has 0 aliphatic heterocycles. The molecule has 0 saturated carbocycles. The fourth-order valence-corrected chi connectivity index (χ4v) is 7.13. The Bertz CT molecular complexity index is 2980. The van der Waals surface area contributed by atoms with E-state index in [0.29, 0.717) is 11.6 Å². The Morgan fingerprint density at radius 3 is 1.20 bits per heavy atom. The molecule has 5 heteroatoms. The molecule has 3 aromatic heterocycles. The van der Waals surface area contributed by atoms with Gasteiger partial charge in [-0.2, -0.15) is 0 Å². The molecule has 7 aromatic carbocycles. The third-order valence-corrected chi connectivity index (χ3v) is 9.91. The van der Waals surface area contributed by atoms with Crippen molar-refractivity contribution >= 4 is 21.9 Å². The molecule has 0 aliphatic rings. The maximum absolute atomic E-state index is 6.27. The monoisotopic (exact) mass is 704 g/mol. The summed E-state index contributed by atoms with van der Waals surface area (Å²) >= 11 is 0. The number of para-hydroxylation sites is 1. The smallest absolute Gasteiger partial charge is 0.160 e. The van der Waals surface area contributed by atoms with Crippen molar-refractivity contribution in [3.05, 3.63) is 194 Å². The standard InChI is InChI=1S/C50H32N4O/c1-4-14-33(15-5-1)36-20-12-21-37(28-36)43-31-44(52-49(51-43)34-16-6-2-7-17-34)38-22-13-23-39(29-38)45-32-46(54-50(53-45)35-18-8-3-9-19-35)40-26-27-42-41-24-10-11-25-47(41)55-48(42)30-40/h1-32H. The van der Waals surface area contributed by atoms with Crippen LogP contribution in [0.5, 0.6) is 0 Å². The summed E-state index contributed by atoms with van der Waals surface area (Å²) in [7, 11) is 0. The lowest BCUT2D eigenvalue weighted by Crippen LogP contribution is -1.97. The highest BCUT2D eigenvalue weighted by Crippen LogP contribution is 2.35. The van der Waals surface area contributed by atoms with Gasteiger partial charge in [-0.15, -0.1) is 0 Å². The van der Waals surface area contributed by atoms with Gasteiger partial charge in [-0.25, -0.2) is 19.9 Å². The molecule has 0 spiro atoms. The van der Waals surface area contributed by atoms with E-state index < -0.39 is 0 Å². The predicted molar refractivity (Wildman–Crippen MR) is 223 cm³/mol. The Labute approximate surface area is 318 Å². The number of aromatic nitrogens is 4. The summed E-state index contributed by atoms with van der Waals surface area (Å²) in [6.07, 6.45) is 0. The van der Waals surface area contributed by atoms with E-state index in [9.17, 15) is 0 Å². The van der Waals surface area contributed by atoms with Gasteiger partial charge < -0.3 is 4.42 Å². The van der Waals surface area contributed by atoms with Crippen LogP contribution in [0, 0.1) is 0 Å². The van der Waals surface area contributed by atoms with Crippen LogP contribution in [0.25, 0.3) is 101 Å². The van der Waals surface area contributed by atoms with Crippen molar-refractivity contribution in [1.29, 1.82) is 0 Å². The van der Waals surface area contributed by atoms with Crippen molar-refractivity contribution in [2.45, 2.75) is 0 Å². The Balaban J connectivity index is 1.10. The maximum atomic E-state index is 6.27. The Hall–Kier alpha value is -7.50. The first-order valence-corrected chi connectivity index (χ1v) is 18.3. The van der Waals surface area contributed by atoms with Crippen LogP contribution in [0.2, 0.25) is 0 Å². The van der Waals surface area contributed by atoms with Gasteiger partial charge in [0.15, 0.2) is 11.6 Å². The summed E-state index contributed by atoms with van der Waals surface area (Å²) in [5.41, 5.74) is 13.1. The molecule has 0 atom stereocenters. The SMILES string of the molecule is c1ccc(-c2cccc(-c3cc(-c4cccc(-c5cc(-c6ccc7c(c6)oc6ccccc67)nc(-c6ccccc6)n5)c4)nc(-c4ccccc4)n3)c2)cc1. The summed E-state index contributed by atoms with van der Waals surface area (Å²) in [6, 6.07) is 66.2. The van der Waals surface area contributed by atoms with Gasteiger partial charge in [0.2, 0.25) is 0 Å². The topological polar surface area (TPSA) is 64.7 Å². The minimum atomic E-state index is 0.650. The summed E-state index contributed by atoms with van der Waals surface area (Å²) in [5, 5.41) is 2.18. The molecular weight excluding hydrogens is 673 g/mol. The van der Waals surface area contributed by atoms with Crippen molar-refractivity contribution in [2.24, 2.45) is 0 Å². The average Bonchev–Trinajstić information content (AvgIpc) is 3.65. The average molecular weight is 705 g/mol. The summed E-state index contributed by atoms with van der Waals surface area (Å²) in [4.78, 5) is 20.5. The fourth-order valence-electron chi connectivity index (χ4n) is 7.13. The van der Waals surface area contributed by atoms with Gasteiger partial charge in [-0.1, -0.05) is 152 Å². The molecule has 10 rings (SSSR count). The van der Waals surface area contributed by atoms with E-state index >= 15 is 0 Å². The Kier molecular flexibility index (Phi) is 8.08. The number of nitrogens with zero attached hydrogens (tertiary/aromatic N) is 4. The number of furan rings is 1. The van der Waals surface area contributed by atoms with Gasteiger partial charge in [0.25, 0.3) is 0 Å². The molecule has 0 unspecified atom stereocenters. The molecule has 3 heterocycles. The highest BCUT2D eigenvalue weighted by atomic mass is 16.3. The summed E-state index contributed by atoms with van der Waals surface area (Å²) in [6.45, 7) is 0. The number of rotatable bonds is 7. The molecule has 5 nitrogen and oxygen atoms in total. The van der Waals surface area contributed by atoms with E-state index in [1.165, 1.54) is 0 Å². The van der Waals surface area contributed by atoms with Gasteiger partial charge in [0.05, 0.1) is 22.8 Å². The zero-order chi connectivity index (χ0) is 36.6. The van der Waals surface area contributed by atoms with Crippen LogP contribution < -0.4 is 0 Å². The predicted octanol–water partition coefficient (Wildman–Crippen LogP) is 12.8. The van der Waals surface area contributed by atoms with Gasteiger partial charge >= 0.3 is 0 Å². The molecule has 10 aromatic rings. The lowest BCUT2D eigenvalue weighted by Gasteiger charge is -2.12. The van der Waals surface area contributed by atoms with Crippen molar-refractivity contribution in [2.75, 3.05) is 0 Å². The number of hydrogen-bond donors (Lipinski definition) is 0. The van der Waals surface area contributed by atoms with Crippen LogP contribution in [0.4, 0.5) is 0 Å². The van der Waals surface area contributed by atoms with Gasteiger partial charge in [-0.3, -0.25) is 0 Å². The third kappa shape index (κ3) is 6.34. The molecule has 0 saturated heterocycles. The van der Waals surface area contributed by atoms with Gasteiger partial charge in [0, 0.05) is 44.2 Å². The van der Waals surface area contributed by atoms with Crippen LogP contribution in [0.3, 0.4) is 0 Å². The van der Waals surface area contributed by atoms with Crippen LogP contribution >= 0.6 is 0 Å². The van der Waals surface area contributed by atoms with Crippen LogP contribution in [0.15, 0.2) is 199 Å². The highest BCUT2D eigenvalue weighted by molar-refractivity contribution is 6.05. The second kappa shape index (κ2) is 13.8. The summed E-state index contributed by atoms with van der Waals surface area (Å²) < 4.78 is 6.27. The number of benzene rings is 7. The largest absolute Gasteiger partial charge is 0.456 e. The van der Waals surface area contributed by atoms with Crippen LogP contribution in [-0.2, 0) is 0 Å². The van der Waals surface area contributed by atoms with Gasteiger partial charge in [-0.05, 0) is 53.6 Å².